The van der Waals surface area contributed by atoms with Crippen molar-refractivity contribution in [3.8, 4) is 0 Å². The van der Waals surface area contributed by atoms with Gasteiger partial charge in [-0.1, -0.05) is 116 Å². The summed E-state index contributed by atoms with van der Waals surface area (Å²) >= 11 is 0. The van der Waals surface area contributed by atoms with E-state index < -0.39 is 0 Å². The van der Waals surface area contributed by atoms with Crippen molar-refractivity contribution in [2.45, 2.75) is 154 Å². The lowest BCUT2D eigenvalue weighted by Gasteiger charge is -2.12. The molecule has 0 aromatic carbocycles. The molecule has 0 unspecified atom stereocenters. The first-order valence-corrected chi connectivity index (χ1v) is 14.8. The van der Waals surface area contributed by atoms with Gasteiger partial charge in [-0.2, -0.15) is 0 Å². The molecule has 0 fully saturated rings. The lowest BCUT2D eigenvalue weighted by Crippen LogP contribution is -2.12. The Balaban J connectivity index is 3.16. The zero-order chi connectivity index (χ0) is 23.5. The molecule has 0 N–H and O–H groups in total. The molecule has 4 nitrogen and oxygen atoms in total. The quantitative estimate of drug-likeness (QED) is 0.0723. The number of ether oxygens (including phenoxy) is 2. The van der Waals surface area contributed by atoms with Crippen LogP contribution in [0.1, 0.15) is 142 Å². The summed E-state index contributed by atoms with van der Waals surface area (Å²) in [5.41, 5.74) is 0. The van der Waals surface area contributed by atoms with E-state index in [1.165, 1.54) is 116 Å². The highest BCUT2D eigenvalue weighted by Gasteiger charge is 2.04. The number of hydrogen-bond donors (Lipinski definition) is 0. The van der Waals surface area contributed by atoms with Crippen molar-refractivity contribution in [3.63, 3.8) is 0 Å². The molecule has 0 spiro atoms. The van der Waals surface area contributed by atoms with Crippen molar-refractivity contribution in [1.29, 1.82) is 0 Å². The van der Waals surface area contributed by atoms with Crippen LogP contribution in [0, 0.1) is 0 Å². The van der Waals surface area contributed by atoms with Gasteiger partial charge < -0.3 is 13.9 Å². The van der Waals surface area contributed by atoms with Gasteiger partial charge in [0, 0.05) is 20.6 Å². The molecule has 0 saturated carbocycles. The van der Waals surface area contributed by atoms with Gasteiger partial charge in [-0.05, 0) is 25.3 Å². The van der Waals surface area contributed by atoms with Crippen LogP contribution in [0.5, 0.6) is 0 Å². The van der Waals surface area contributed by atoms with Gasteiger partial charge in [0.2, 0.25) is 0 Å². The molecule has 0 amide bonds. The summed E-state index contributed by atoms with van der Waals surface area (Å²) in [6.07, 6.45) is 26.2. The molecule has 190 valence electrons. The Hall–Kier alpha value is -0.393. The van der Waals surface area contributed by atoms with E-state index in [0.717, 1.165) is 18.9 Å². The maximum absolute atomic E-state index is 11.7. The molecular weight excluding hydrogens is 416 g/mol. The smallest absolute Gasteiger partial charge is 0.314 e. The summed E-state index contributed by atoms with van der Waals surface area (Å²) in [7, 11) is 3.80. The molecule has 0 aliphatic heterocycles. The SMILES string of the molecule is CCCCCCC[Si]OC(=O)CCCCCCCCCCCCCCCCC(OC)OC. The predicted octanol–water partition coefficient (Wildman–Crippen LogP) is 8.40. The first-order chi connectivity index (χ1) is 15.7. The van der Waals surface area contributed by atoms with E-state index in [9.17, 15) is 4.79 Å². The fourth-order valence-corrected chi connectivity index (χ4v) is 4.78. The zero-order valence-electron chi connectivity index (χ0n) is 21.8. The molecule has 2 radical (unpaired) electrons. The Labute approximate surface area is 202 Å². The molecule has 0 atom stereocenters. The third-order valence-corrected chi connectivity index (χ3v) is 7.09. The molecule has 0 aromatic rings. The topological polar surface area (TPSA) is 44.8 Å². The second kappa shape index (κ2) is 26.9. The summed E-state index contributed by atoms with van der Waals surface area (Å²) in [4.78, 5) is 11.7. The minimum Gasteiger partial charge on any atom is -0.516 e. The van der Waals surface area contributed by atoms with Crippen LogP contribution in [0.2, 0.25) is 6.04 Å². The third-order valence-electron chi connectivity index (χ3n) is 6.16. The molecule has 0 bridgehead atoms. The van der Waals surface area contributed by atoms with Crippen molar-refractivity contribution >= 4 is 15.7 Å². The van der Waals surface area contributed by atoms with Crippen LogP contribution in [-0.4, -0.2) is 36.2 Å². The standard InChI is InChI=1S/C27H54O4Si/c1-4-5-6-19-22-25-32-31-26(28)23-20-17-15-13-11-9-7-8-10-12-14-16-18-21-24-27(29-2)30-3/h27H,4-25H2,1-3H3. The van der Waals surface area contributed by atoms with Crippen molar-refractivity contribution in [2.75, 3.05) is 14.2 Å². The van der Waals surface area contributed by atoms with Gasteiger partial charge in [0.25, 0.3) is 5.97 Å². The number of carbonyl (C=O) groups is 1. The van der Waals surface area contributed by atoms with Crippen LogP contribution in [0.25, 0.3) is 0 Å². The number of rotatable bonds is 26. The average Bonchev–Trinajstić information content (AvgIpc) is 2.80. The normalized spacial score (nSPS) is 11.4. The van der Waals surface area contributed by atoms with E-state index in [1.807, 2.05) is 0 Å². The summed E-state index contributed by atoms with van der Waals surface area (Å²) in [6.45, 7) is 2.23. The monoisotopic (exact) mass is 470 g/mol. The second-order valence-electron chi connectivity index (χ2n) is 9.17. The maximum Gasteiger partial charge on any atom is 0.314 e. The zero-order valence-corrected chi connectivity index (χ0v) is 22.8. The van der Waals surface area contributed by atoms with Crippen LogP contribution < -0.4 is 0 Å². The van der Waals surface area contributed by atoms with Crippen molar-refractivity contribution in [2.24, 2.45) is 0 Å². The van der Waals surface area contributed by atoms with E-state index in [1.54, 1.807) is 14.2 Å². The second-order valence-corrected chi connectivity index (χ2v) is 10.2. The van der Waals surface area contributed by atoms with Gasteiger partial charge in [0.15, 0.2) is 6.29 Å². The lowest BCUT2D eigenvalue weighted by molar-refractivity contribution is -0.134. The number of hydrogen-bond acceptors (Lipinski definition) is 4. The highest BCUT2D eigenvalue weighted by Crippen LogP contribution is 2.14. The van der Waals surface area contributed by atoms with E-state index in [4.69, 9.17) is 13.9 Å². The fourth-order valence-electron chi connectivity index (χ4n) is 4.02. The molecule has 0 heterocycles. The summed E-state index contributed by atoms with van der Waals surface area (Å²) in [6, 6.07) is 1.06. The van der Waals surface area contributed by atoms with E-state index >= 15 is 0 Å². The molecule has 5 heteroatoms. The van der Waals surface area contributed by atoms with Crippen molar-refractivity contribution in [3.05, 3.63) is 0 Å². The molecule has 0 aliphatic carbocycles. The van der Waals surface area contributed by atoms with Crippen molar-refractivity contribution in [1.82, 2.24) is 0 Å². The molecule has 0 rings (SSSR count). The Morgan fingerprint density at radius 1 is 0.625 bits per heavy atom. The van der Waals surface area contributed by atoms with Crippen LogP contribution in [0.4, 0.5) is 0 Å². The Kier molecular flexibility index (Phi) is 26.5. The molecular formula is C27H54O4Si. The van der Waals surface area contributed by atoms with Gasteiger partial charge >= 0.3 is 9.76 Å². The average molecular weight is 471 g/mol. The van der Waals surface area contributed by atoms with Crippen LogP contribution in [-0.2, 0) is 18.7 Å². The number of carbonyl (C=O) groups excluding carboxylic acids is 1. The van der Waals surface area contributed by atoms with Crippen LogP contribution in [0.3, 0.4) is 0 Å². The summed E-state index contributed by atoms with van der Waals surface area (Å²) in [5, 5.41) is 0. The summed E-state index contributed by atoms with van der Waals surface area (Å²) in [5.74, 6) is 0.0195. The van der Waals surface area contributed by atoms with Crippen molar-refractivity contribution < 1.29 is 18.7 Å². The van der Waals surface area contributed by atoms with Gasteiger partial charge in [-0.25, -0.2) is 0 Å². The minimum absolute atomic E-state index is 0.0195. The highest BCUT2D eigenvalue weighted by molar-refractivity contribution is 6.30. The highest BCUT2D eigenvalue weighted by atomic mass is 28.2. The Morgan fingerprint density at radius 3 is 1.56 bits per heavy atom. The summed E-state index contributed by atoms with van der Waals surface area (Å²) < 4.78 is 15.8. The number of unbranched alkanes of at least 4 members (excludes halogenated alkanes) is 17. The lowest BCUT2D eigenvalue weighted by atomic mass is 10.0. The molecule has 0 aliphatic rings. The Bertz CT molecular complexity index is 375. The maximum atomic E-state index is 11.7. The Morgan fingerprint density at radius 2 is 1.06 bits per heavy atom. The van der Waals surface area contributed by atoms with Crippen LogP contribution in [0.15, 0.2) is 0 Å². The fraction of sp³-hybridized carbons (Fsp3) is 0.963. The number of methoxy groups -OCH3 is 2. The van der Waals surface area contributed by atoms with Gasteiger partial charge in [-0.15, -0.1) is 0 Å². The first kappa shape index (κ1) is 31.6. The minimum atomic E-state index is -0.0217. The van der Waals surface area contributed by atoms with Gasteiger partial charge in [0.05, 0.1) is 0 Å². The predicted molar refractivity (Wildman–Crippen MR) is 137 cm³/mol. The van der Waals surface area contributed by atoms with Crippen LogP contribution >= 0.6 is 0 Å². The molecule has 0 saturated heterocycles. The van der Waals surface area contributed by atoms with Gasteiger partial charge in [-0.3, -0.25) is 4.79 Å². The van der Waals surface area contributed by atoms with E-state index in [2.05, 4.69) is 6.92 Å². The largest absolute Gasteiger partial charge is 0.516 e. The molecule has 32 heavy (non-hydrogen) atoms. The third kappa shape index (κ3) is 24.3. The van der Waals surface area contributed by atoms with E-state index in [-0.39, 0.29) is 12.3 Å². The molecule has 0 aromatic heterocycles. The van der Waals surface area contributed by atoms with E-state index in [0.29, 0.717) is 16.2 Å². The van der Waals surface area contributed by atoms with Gasteiger partial charge in [0.1, 0.15) is 0 Å². The first-order valence-electron chi connectivity index (χ1n) is 13.7.